The Balaban J connectivity index is 2.53. The third kappa shape index (κ3) is 6.51. The fraction of sp³-hybridized carbons (Fsp3) is 0.688. The maximum Gasteiger partial charge on any atom is 0.326 e. The molecule has 1 fully saturated rings. The average molecular weight is 386 g/mol. The van der Waals surface area contributed by atoms with Gasteiger partial charge in [-0.25, -0.2) is 4.79 Å². The Labute approximate surface area is 156 Å². The van der Waals surface area contributed by atoms with Gasteiger partial charge < -0.3 is 31.5 Å². The van der Waals surface area contributed by atoms with Crippen LogP contribution in [0.4, 0.5) is 0 Å². The van der Waals surface area contributed by atoms with Gasteiger partial charge >= 0.3 is 11.9 Å². The fourth-order valence-electron chi connectivity index (χ4n) is 2.73. The van der Waals surface area contributed by atoms with Crippen molar-refractivity contribution in [2.24, 2.45) is 5.73 Å². The first kappa shape index (κ1) is 22.4. The zero-order valence-electron chi connectivity index (χ0n) is 15.3. The van der Waals surface area contributed by atoms with E-state index in [9.17, 15) is 24.0 Å². The number of carboxylic acid groups (broad SMARTS) is 2. The van der Waals surface area contributed by atoms with Gasteiger partial charge in [0.05, 0.1) is 6.04 Å². The van der Waals surface area contributed by atoms with Gasteiger partial charge in [-0.1, -0.05) is 0 Å². The Morgan fingerprint density at radius 2 is 1.67 bits per heavy atom. The summed E-state index contributed by atoms with van der Waals surface area (Å²) in [6.45, 7) is 3.13. The summed E-state index contributed by atoms with van der Waals surface area (Å²) in [5, 5.41) is 22.5. The topological polar surface area (TPSA) is 179 Å². The summed E-state index contributed by atoms with van der Waals surface area (Å²) in [5.41, 5.74) is 5.57. The molecule has 0 aromatic rings. The minimum atomic E-state index is -1.09. The predicted octanol–water partition coefficient (Wildman–Crippen LogP) is -1.74. The Kier molecular flexibility index (Phi) is 8.16. The quantitative estimate of drug-likeness (QED) is 0.310. The molecule has 0 saturated carbocycles. The van der Waals surface area contributed by atoms with Crippen molar-refractivity contribution in [1.29, 1.82) is 0 Å². The first-order valence-corrected chi connectivity index (χ1v) is 8.66. The lowest BCUT2D eigenvalue weighted by Crippen LogP contribution is -2.55. The summed E-state index contributed by atoms with van der Waals surface area (Å²) in [7, 11) is 0. The maximum atomic E-state index is 12.4. The van der Waals surface area contributed by atoms with Crippen molar-refractivity contribution in [2.75, 3.05) is 6.54 Å². The lowest BCUT2D eigenvalue weighted by molar-refractivity contribution is -0.149. The predicted molar refractivity (Wildman–Crippen MR) is 92.4 cm³/mol. The Hall–Kier alpha value is -2.69. The highest BCUT2D eigenvalue weighted by Crippen LogP contribution is 2.18. The molecule has 0 aromatic carbocycles. The van der Waals surface area contributed by atoms with Gasteiger partial charge in [0.1, 0.15) is 18.1 Å². The number of carboxylic acids is 2. The molecule has 27 heavy (non-hydrogen) atoms. The van der Waals surface area contributed by atoms with Crippen molar-refractivity contribution in [2.45, 2.75) is 63.7 Å². The number of carbonyl (C=O) groups is 5. The standard InChI is InChI=1S/C16H26N4O7/c1-8(18-14(24)10(17)5-6-12(21)22)13(23)19-9(2)15(25)20-7-3-4-11(20)16(26)27/h8-11H,3-7,17H2,1-2H3,(H,18,24)(H,19,23)(H,21,22)(H,26,27). The molecule has 1 saturated heterocycles. The molecule has 0 bridgehead atoms. The number of rotatable bonds is 9. The van der Waals surface area contributed by atoms with E-state index in [0.29, 0.717) is 19.4 Å². The van der Waals surface area contributed by atoms with Crippen molar-refractivity contribution in [3.63, 3.8) is 0 Å². The number of likely N-dealkylation sites (tertiary alicyclic amines) is 1. The lowest BCUT2D eigenvalue weighted by atomic mass is 10.1. The van der Waals surface area contributed by atoms with E-state index in [1.165, 1.54) is 18.7 Å². The van der Waals surface area contributed by atoms with Gasteiger partial charge in [0.25, 0.3) is 0 Å². The number of nitrogens with one attached hydrogen (secondary N) is 2. The summed E-state index contributed by atoms with van der Waals surface area (Å²) >= 11 is 0. The normalized spacial score (nSPS) is 19.7. The molecule has 0 aromatic heterocycles. The van der Waals surface area contributed by atoms with Gasteiger partial charge in [0, 0.05) is 13.0 Å². The minimum absolute atomic E-state index is 0.0735. The molecular formula is C16H26N4O7. The molecule has 3 amide bonds. The van der Waals surface area contributed by atoms with Crippen LogP contribution in [0.2, 0.25) is 0 Å². The summed E-state index contributed by atoms with van der Waals surface area (Å²) in [6.07, 6.45) is 0.587. The highest BCUT2D eigenvalue weighted by atomic mass is 16.4. The van der Waals surface area contributed by atoms with Crippen LogP contribution in [0.25, 0.3) is 0 Å². The van der Waals surface area contributed by atoms with Crippen LogP contribution in [0.3, 0.4) is 0 Å². The lowest BCUT2D eigenvalue weighted by Gasteiger charge is -2.26. The second kappa shape index (κ2) is 9.86. The first-order valence-electron chi connectivity index (χ1n) is 8.66. The molecule has 0 spiro atoms. The van der Waals surface area contributed by atoms with Crippen LogP contribution in [-0.2, 0) is 24.0 Å². The van der Waals surface area contributed by atoms with E-state index in [1.54, 1.807) is 0 Å². The van der Waals surface area contributed by atoms with E-state index in [2.05, 4.69) is 10.6 Å². The van der Waals surface area contributed by atoms with E-state index >= 15 is 0 Å². The number of nitrogens with zero attached hydrogens (tertiary/aromatic N) is 1. The van der Waals surface area contributed by atoms with Crippen LogP contribution < -0.4 is 16.4 Å². The fourth-order valence-corrected chi connectivity index (χ4v) is 2.73. The van der Waals surface area contributed by atoms with E-state index in [4.69, 9.17) is 15.9 Å². The number of amides is 3. The molecule has 4 atom stereocenters. The van der Waals surface area contributed by atoms with Crippen molar-refractivity contribution in [3.05, 3.63) is 0 Å². The zero-order chi connectivity index (χ0) is 20.7. The summed E-state index contributed by atoms with van der Waals surface area (Å²) in [5.74, 6) is -4.00. The Bertz CT molecular complexity index is 610. The van der Waals surface area contributed by atoms with E-state index in [1.807, 2.05) is 0 Å². The van der Waals surface area contributed by atoms with Crippen LogP contribution in [-0.4, -0.2) is 75.5 Å². The van der Waals surface area contributed by atoms with E-state index in [0.717, 1.165) is 0 Å². The molecule has 11 nitrogen and oxygen atoms in total. The summed E-state index contributed by atoms with van der Waals surface area (Å²) < 4.78 is 0. The van der Waals surface area contributed by atoms with Gasteiger partial charge in [-0.2, -0.15) is 0 Å². The third-order valence-electron chi connectivity index (χ3n) is 4.31. The Morgan fingerprint density at radius 1 is 1.07 bits per heavy atom. The molecule has 0 aliphatic carbocycles. The molecule has 1 rings (SSSR count). The molecule has 1 aliphatic heterocycles. The molecule has 152 valence electrons. The number of aliphatic carboxylic acids is 2. The summed E-state index contributed by atoms with van der Waals surface area (Å²) in [6, 6.07) is -3.94. The second-order valence-electron chi connectivity index (χ2n) is 6.53. The average Bonchev–Trinajstić information content (AvgIpc) is 3.08. The summed E-state index contributed by atoms with van der Waals surface area (Å²) in [4.78, 5) is 59.3. The molecule has 4 unspecified atom stereocenters. The van der Waals surface area contributed by atoms with E-state index in [-0.39, 0.29) is 12.8 Å². The number of nitrogens with two attached hydrogens (primary N) is 1. The number of hydrogen-bond acceptors (Lipinski definition) is 6. The molecule has 11 heteroatoms. The number of carbonyl (C=O) groups excluding carboxylic acids is 3. The van der Waals surface area contributed by atoms with Crippen molar-refractivity contribution >= 4 is 29.7 Å². The van der Waals surface area contributed by atoms with Gasteiger partial charge in [-0.15, -0.1) is 0 Å². The molecule has 0 radical (unpaired) electrons. The molecule has 6 N–H and O–H groups in total. The van der Waals surface area contributed by atoms with Crippen LogP contribution in [0.15, 0.2) is 0 Å². The zero-order valence-corrected chi connectivity index (χ0v) is 15.3. The third-order valence-corrected chi connectivity index (χ3v) is 4.31. The van der Waals surface area contributed by atoms with Crippen LogP contribution in [0, 0.1) is 0 Å². The SMILES string of the molecule is CC(NC(=O)C(N)CCC(=O)O)C(=O)NC(C)C(=O)N1CCCC1C(=O)O. The van der Waals surface area contributed by atoms with Crippen molar-refractivity contribution in [3.8, 4) is 0 Å². The monoisotopic (exact) mass is 386 g/mol. The highest BCUT2D eigenvalue weighted by molar-refractivity contribution is 5.94. The van der Waals surface area contributed by atoms with Gasteiger partial charge in [0.2, 0.25) is 17.7 Å². The Morgan fingerprint density at radius 3 is 2.22 bits per heavy atom. The highest BCUT2D eigenvalue weighted by Gasteiger charge is 2.36. The number of hydrogen-bond donors (Lipinski definition) is 5. The smallest absolute Gasteiger partial charge is 0.326 e. The second-order valence-corrected chi connectivity index (χ2v) is 6.53. The van der Waals surface area contributed by atoms with Crippen LogP contribution in [0.1, 0.15) is 39.5 Å². The molecule has 1 heterocycles. The van der Waals surface area contributed by atoms with Crippen molar-refractivity contribution < 1.29 is 34.2 Å². The molecular weight excluding hydrogens is 360 g/mol. The van der Waals surface area contributed by atoms with Crippen LogP contribution in [0.5, 0.6) is 0 Å². The molecule has 1 aliphatic rings. The first-order chi connectivity index (χ1) is 12.5. The maximum absolute atomic E-state index is 12.4. The largest absolute Gasteiger partial charge is 0.481 e. The van der Waals surface area contributed by atoms with Gasteiger partial charge in [0.15, 0.2) is 0 Å². The van der Waals surface area contributed by atoms with E-state index < -0.39 is 53.8 Å². The van der Waals surface area contributed by atoms with Gasteiger partial charge in [-0.3, -0.25) is 19.2 Å². The minimum Gasteiger partial charge on any atom is -0.481 e. The van der Waals surface area contributed by atoms with Crippen LogP contribution >= 0.6 is 0 Å². The van der Waals surface area contributed by atoms with Gasteiger partial charge in [-0.05, 0) is 33.1 Å². The van der Waals surface area contributed by atoms with Crippen molar-refractivity contribution in [1.82, 2.24) is 15.5 Å².